The van der Waals surface area contributed by atoms with Crippen LogP contribution in [0.5, 0.6) is 0 Å². The van der Waals surface area contributed by atoms with Gasteiger partial charge in [-0.3, -0.25) is 9.59 Å². The lowest BCUT2D eigenvalue weighted by Gasteiger charge is -2.15. The number of benzene rings is 1. The summed E-state index contributed by atoms with van der Waals surface area (Å²) in [6.45, 7) is 3.61. The van der Waals surface area contributed by atoms with E-state index in [0.29, 0.717) is 24.8 Å². The van der Waals surface area contributed by atoms with Crippen molar-refractivity contribution in [2.75, 3.05) is 0 Å². The Kier molecular flexibility index (Phi) is 11.9. The van der Waals surface area contributed by atoms with Crippen LogP contribution >= 0.6 is 0 Å². The van der Waals surface area contributed by atoms with Crippen molar-refractivity contribution in [3.63, 3.8) is 0 Å². The van der Waals surface area contributed by atoms with Crippen LogP contribution in [0.15, 0.2) is 30.3 Å². The van der Waals surface area contributed by atoms with Crippen molar-refractivity contribution in [1.82, 2.24) is 0 Å². The van der Waals surface area contributed by atoms with E-state index in [9.17, 15) is 19.8 Å². The molecule has 1 aromatic rings. The first-order valence-electron chi connectivity index (χ1n) is 10.4. The fourth-order valence-electron chi connectivity index (χ4n) is 3.40. The van der Waals surface area contributed by atoms with Gasteiger partial charge in [0.2, 0.25) is 0 Å². The summed E-state index contributed by atoms with van der Waals surface area (Å²) in [4.78, 5) is 24.2. The molecule has 2 N–H and O–H groups in total. The van der Waals surface area contributed by atoms with Gasteiger partial charge in [-0.1, -0.05) is 56.5 Å². The highest BCUT2D eigenvalue weighted by molar-refractivity contribution is 5.98. The number of Topliss-reactive ketones (excluding diaryl/α,β-unsaturated/α-hetero) is 2. The van der Waals surface area contributed by atoms with E-state index in [1.165, 1.54) is 0 Å². The minimum absolute atomic E-state index is 0.0153. The van der Waals surface area contributed by atoms with Gasteiger partial charge in [0, 0.05) is 17.9 Å². The quantitative estimate of drug-likeness (QED) is 0.343. The van der Waals surface area contributed by atoms with Crippen molar-refractivity contribution < 1.29 is 19.8 Å². The van der Waals surface area contributed by atoms with Crippen LogP contribution in [0.4, 0.5) is 0 Å². The SMILES string of the molecule is CCCC(O)CCCC(O)CCCCC(CC(=O)c1ccccc1)C(C)=O. The van der Waals surface area contributed by atoms with Gasteiger partial charge < -0.3 is 10.2 Å². The third kappa shape index (κ3) is 10.4. The van der Waals surface area contributed by atoms with E-state index < -0.39 is 0 Å². The highest BCUT2D eigenvalue weighted by Gasteiger charge is 2.19. The topological polar surface area (TPSA) is 74.6 Å². The third-order valence-corrected chi connectivity index (χ3v) is 5.14. The molecule has 0 aliphatic heterocycles. The first-order chi connectivity index (χ1) is 12.9. The summed E-state index contributed by atoms with van der Waals surface area (Å²) in [7, 11) is 0. The number of ketones is 2. The lowest BCUT2D eigenvalue weighted by atomic mass is 9.90. The normalized spacial score (nSPS) is 14.5. The van der Waals surface area contributed by atoms with Crippen molar-refractivity contribution in [2.45, 2.75) is 90.3 Å². The van der Waals surface area contributed by atoms with E-state index in [-0.39, 0.29) is 36.1 Å². The molecule has 0 amide bonds. The number of hydrogen-bond acceptors (Lipinski definition) is 4. The fourth-order valence-corrected chi connectivity index (χ4v) is 3.40. The molecule has 0 aliphatic carbocycles. The summed E-state index contributed by atoms with van der Waals surface area (Å²) in [5, 5.41) is 19.8. The molecule has 1 aromatic carbocycles. The highest BCUT2D eigenvalue weighted by atomic mass is 16.3. The Morgan fingerprint density at radius 3 is 2.00 bits per heavy atom. The van der Waals surface area contributed by atoms with E-state index in [0.717, 1.165) is 38.5 Å². The number of rotatable bonds is 15. The molecule has 152 valence electrons. The molecule has 1 rings (SSSR count). The summed E-state index contributed by atoms with van der Waals surface area (Å²) in [5.74, 6) is -0.162. The first-order valence-corrected chi connectivity index (χ1v) is 10.4. The highest BCUT2D eigenvalue weighted by Crippen LogP contribution is 2.19. The number of aliphatic hydroxyl groups is 2. The minimum atomic E-state index is -0.347. The number of unbranched alkanes of at least 4 members (excludes halogenated alkanes) is 1. The van der Waals surface area contributed by atoms with Crippen LogP contribution in [0.25, 0.3) is 0 Å². The maximum absolute atomic E-state index is 12.3. The Balaban J connectivity index is 2.25. The molecular weight excluding hydrogens is 340 g/mol. The third-order valence-electron chi connectivity index (χ3n) is 5.14. The molecule has 0 saturated heterocycles. The second-order valence-corrected chi connectivity index (χ2v) is 7.61. The zero-order valence-electron chi connectivity index (χ0n) is 16.9. The van der Waals surface area contributed by atoms with Crippen LogP contribution < -0.4 is 0 Å². The predicted molar refractivity (Wildman–Crippen MR) is 109 cm³/mol. The van der Waals surface area contributed by atoms with Crippen LogP contribution in [0.1, 0.15) is 88.4 Å². The van der Waals surface area contributed by atoms with Gasteiger partial charge in [-0.05, 0) is 45.4 Å². The standard InChI is InChI=1S/C23H36O4/c1-3-10-21(25)15-9-16-22(26)14-8-7-13-20(18(2)24)17-23(27)19-11-5-4-6-12-19/h4-6,11-12,20-22,25-26H,3,7-10,13-17H2,1-2H3. The lowest BCUT2D eigenvalue weighted by molar-refractivity contribution is -0.120. The average Bonchev–Trinajstić information content (AvgIpc) is 2.64. The van der Waals surface area contributed by atoms with Gasteiger partial charge in [-0.15, -0.1) is 0 Å². The molecule has 3 atom stereocenters. The van der Waals surface area contributed by atoms with E-state index in [1.54, 1.807) is 19.1 Å². The Hall–Kier alpha value is -1.52. The Morgan fingerprint density at radius 2 is 1.41 bits per heavy atom. The van der Waals surface area contributed by atoms with Crippen molar-refractivity contribution >= 4 is 11.6 Å². The minimum Gasteiger partial charge on any atom is -0.393 e. The van der Waals surface area contributed by atoms with Gasteiger partial charge in [0.15, 0.2) is 5.78 Å². The first kappa shape index (κ1) is 23.5. The van der Waals surface area contributed by atoms with Crippen LogP contribution in [-0.4, -0.2) is 34.0 Å². The smallest absolute Gasteiger partial charge is 0.163 e. The van der Waals surface area contributed by atoms with Crippen LogP contribution in [-0.2, 0) is 4.79 Å². The second kappa shape index (κ2) is 13.6. The van der Waals surface area contributed by atoms with E-state index in [4.69, 9.17) is 0 Å². The van der Waals surface area contributed by atoms with Crippen molar-refractivity contribution in [1.29, 1.82) is 0 Å². The maximum Gasteiger partial charge on any atom is 0.163 e. The molecule has 3 unspecified atom stereocenters. The monoisotopic (exact) mass is 376 g/mol. The summed E-state index contributed by atoms with van der Waals surface area (Å²) in [6.07, 6.45) is 6.85. The molecule has 27 heavy (non-hydrogen) atoms. The van der Waals surface area contributed by atoms with Gasteiger partial charge >= 0.3 is 0 Å². The predicted octanol–water partition coefficient (Wildman–Crippen LogP) is 4.72. The Morgan fingerprint density at radius 1 is 0.852 bits per heavy atom. The molecule has 0 aromatic heterocycles. The van der Waals surface area contributed by atoms with Gasteiger partial charge in [0.05, 0.1) is 12.2 Å². The number of hydrogen-bond donors (Lipinski definition) is 2. The molecule has 0 aliphatic rings. The number of aliphatic hydroxyl groups excluding tert-OH is 2. The Labute approximate surface area is 164 Å². The molecule has 4 nitrogen and oxygen atoms in total. The summed E-state index contributed by atoms with van der Waals surface area (Å²) in [5.41, 5.74) is 0.657. The number of carbonyl (C=O) groups excluding carboxylic acids is 2. The summed E-state index contributed by atoms with van der Waals surface area (Å²) >= 11 is 0. The fraction of sp³-hybridized carbons (Fsp3) is 0.652. The largest absolute Gasteiger partial charge is 0.393 e. The van der Waals surface area contributed by atoms with Gasteiger partial charge in [0.1, 0.15) is 5.78 Å². The zero-order chi connectivity index (χ0) is 20.1. The van der Waals surface area contributed by atoms with Gasteiger partial charge in [0.25, 0.3) is 0 Å². The number of carbonyl (C=O) groups is 2. The van der Waals surface area contributed by atoms with E-state index in [2.05, 4.69) is 6.92 Å². The molecule has 0 heterocycles. The van der Waals surface area contributed by atoms with E-state index >= 15 is 0 Å². The molecule has 0 radical (unpaired) electrons. The van der Waals surface area contributed by atoms with Gasteiger partial charge in [-0.25, -0.2) is 0 Å². The zero-order valence-corrected chi connectivity index (χ0v) is 16.9. The molecular formula is C23H36O4. The molecule has 0 saturated carbocycles. The van der Waals surface area contributed by atoms with Crippen molar-refractivity contribution in [3.8, 4) is 0 Å². The molecule has 4 heteroatoms. The summed E-state index contributed by atoms with van der Waals surface area (Å²) < 4.78 is 0. The maximum atomic E-state index is 12.3. The second-order valence-electron chi connectivity index (χ2n) is 7.61. The molecule has 0 bridgehead atoms. The average molecular weight is 377 g/mol. The molecule has 0 fully saturated rings. The van der Waals surface area contributed by atoms with Crippen LogP contribution in [0, 0.1) is 5.92 Å². The van der Waals surface area contributed by atoms with Crippen molar-refractivity contribution in [2.24, 2.45) is 5.92 Å². The lowest BCUT2D eigenvalue weighted by Crippen LogP contribution is -2.16. The van der Waals surface area contributed by atoms with Crippen molar-refractivity contribution in [3.05, 3.63) is 35.9 Å². The Bertz CT molecular complexity index is 541. The van der Waals surface area contributed by atoms with Crippen LogP contribution in [0.2, 0.25) is 0 Å². The summed E-state index contributed by atoms with van der Waals surface area (Å²) in [6, 6.07) is 9.10. The van der Waals surface area contributed by atoms with Crippen LogP contribution in [0.3, 0.4) is 0 Å². The van der Waals surface area contributed by atoms with E-state index in [1.807, 2.05) is 18.2 Å². The molecule has 0 spiro atoms. The van der Waals surface area contributed by atoms with Gasteiger partial charge in [-0.2, -0.15) is 0 Å².